The molecule has 0 saturated heterocycles. The van der Waals surface area contributed by atoms with Crippen molar-refractivity contribution in [3.05, 3.63) is 35.9 Å². The maximum atomic E-state index is 12.0. The van der Waals surface area contributed by atoms with Crippen molar-refractivity contribution in [3.63, 3.8) is 0 Å². The van der Waals surface area contributed by atoms with E-state index in [0.29, 0.717) is 6.42 Å². The predicted octanol–water partition coefficient (Wildman–Crippen LogP) is 2.34. The number of carbonyl (C=O) groups excluding carboxylic acids is 2. The normalized spacial score (nSPS) is 13.1. The van der Waals surface area contributed by atoms with Gasteiger partial charge in [-0.2, -0.15) is 11.8 Å². The summed E-state index contributed by atoms with van der Waals surface area (Å²) in [7, 11) is 1.32. The van der Waals surface area contributed by atoms with Gasteiger partial charge < -0.3 is 15.4 Å². The average Bonchev–Trinajstić information content (AvgIpc) is 2.51. The molecule has 0 fully saturated rings. The fourth-order valence-electron chi connectivity index (χ4n) is 1.85. The Morgan fingerprint density at radius 3 is 2.48 bits per heavy atom. The molecule has 2 amide bonds. The lowest BCUT2D eigenvalue weighted by Gasteiger charge is -2.19. The molecule has 2 atom stereocenters. The lowest BCUT2D eigenvalue weighted by Crippen LogP contribution is -2.47. The number of benzene rings is 1. The monoisotopic (exact) mass is 310 g/mol. The van der Waals surface area contributed by atoms with Crippen molar-refractivity contribution in [2.45, 2.75) is 25.4 Å². The number of hydrogen-bond acceptors (Lipinski definition) is 4. The number of hydrogen-bond donors (Lipinski definition) is 2. The Morgan fingerprint density at radius 1 is 1.24 bits per heavy atom. The molecule has 0 saturated carbocycles. The molecule has 1 aromatic carbocycles. The highest BCUT2D eigenvalue weighted by molar-refractivity contribution is 7.98. The van der Waals surface area contributed by atoms with Crippen molar-refractivity contribution in [2.75, 3.05) is 19.1 Å². The summed E-state index contributed by atoms with van der Waals surface area (Å²) in [6.45, 7) is 1.89. The van der Waals surface area contributed by atoms with E-state index in [2.05, 4.69) is 10.6 Å². The Morgan fingerprint density at radius 2 is 1.90 bits per heavy atom. The molecule has 6 heteroatoms. The van der Waals surface area contributed by atoms with Gasteiger partial charge in [0.25, 0.3) is 0 Å². The zero-order valence-corrected chi connectivity index (χ0v) is 13.4. The summed E-state index contributed by atoms with van der Waals surface area (Å²) in [6, 6.07) is 8.51. The molecule has 1 rings (SSSR count). The minimum atomic E-state index is -0.620. The molecule has 0 aliphatic carbocycles. The summed E-state index contributed by atoms with van der Waals surface area (Å²) in [4.78, 5) is 23.6. The number of nitrogens with one attached hydrogen (secondary N) is 2. The number of urea groups is 1. The Balaban J connectivity index is 2.55. The van der Waals surface area contributed by atoms with Crippen LogP contribution in [0.4, 0.5) is 4.79 Å². The van der Waals surface area contributed by atoms with Crippen LogP contribution in [0.25, 0.3) is 0 Å². The molecule has 21 heavy (non-hydrogen) atoms. The van der Waals surface area contributed by atoms with Gasteiger partial charge in [-0.1, -0.05) is 30.3 Å². The number of esters is 1. The first-order valence-corrected chi connectivity index (χ1v) is 8.16. The van der Waals surface area contributed by atoms with E-state index >= 15 is 0 Å². The van der Waals surface area contributed by atoms with Crippen molar-refractivity contribution < 1.29 is 14.3 Å². The average molecular weight is 310 g/mol. The second-order valence-corrected chi connectivity index (χ2v) is 5.59. The summed E-state index contributed by atoms with van der Waals surface area (Å²) in [6.07, 6.45) is 2.49. The summed E-state index contributed by atoms with van der Waals surface area (Å²) in [5.74, 6) is 0.348. The molecule has 2 N–H and O–H groups in total. The van der Waals surface area contributed by atoms with Crippen LogP contribution >= 0.6 is 11.8 Å². The van der Waals surface area contributed by atoms with Crippen molar-refractivity contribution in [2.24, 2.45) is 0 Å². The van der Waals surface area contributed by atoms with Crippen LogP contribution in [0.15, 0.2) is 30.3 Å². The van der Waals surface area contributed by atoms with Crippen molar-refractivity contribution >= 4 is 23.8 Å². The maximum Gasteiger partial charge on any atom is 0.328 e. The summed E-state index contributed by atoms with van der Waals surface area (Å²) in [5.41, 5.74) is 1.01. The van der Waals surface area contributed by atoms with Crippen molar-refractivity contribution in [1.29, 1.82) is 0 Å². The first-order valence-electron chi connectivity index (χ1n) is 6.77. The molecule has 0 unspecified atom stereocenters. The van der Waals surface area contributed by atoms with Gasteiger partial charge in [0.15, 0.2) is 0 Å². The van der Waals surface area contributed by atoms with Crippen molar-refractivity contribution in [3.8, 4) is 0 Å². The van der Waals surface area contributed by atoms with Crippen LogP contribution in [-0.2, 0) is 9.53 Å². The number of methoxy groups -OCH3 is 1. The molecule has 0 heterocycles. The van der Waals surface area contributed by atoms with E-state index < -0.39 is 12.0 Å². The van der Waals surface area contributed by atoms with Gasteiger partial charge in [0.2, 0.25) is 0 Å². The lowest BCUT2D eigenvalue weighted by molar-refractivity contribution is -0.142. The smallest absolute Gasteiger partial charge is 0.328 e. The van der Waals surface area contributed by atoms with E-state index in [1.165, 1.54) is 7.11 Å². The fraction of sp³-hybridized carbons (Fsp3) is 0.467. The van der Waals surface area contributed by atoms with E-state index in [-0.39, 0.29) is 12.1 Å². The van der Waals surface area contributed by atoms with E-state index in [9.17, 15) is 9.59 Å². The molecule has 0 radical (unpaired) electrons. The van der Waals surface area contributed by atoms with Crippen LogP contribution in [0.2, 0.25) is 0 Å². The lowest BCUT2D eigenvalue weighted by atomic mass is 10.1. The largest absolute Gasteiger partial charge is 0.467 e. The third-order valence-electron chi connectivity index (χ3n) is 3.05. The molecular weight excluding hydrogens is 288 g/mol. The van der Waals surface area contributed by atoms with Gasteiger partial charge in [-0.3, -0.25) is 0 Å². The first-order chi connectivity index (χ1) is 10.1. The third kappa shape index (κ3) is 6.08. The highest BCUT2D eigenvalue weighted by Crippen LogP contribution is 2.11. The van der Waals surface area contributed by atoms with Gasteiger partial charge in [-0.15, -0.1) is 0 Å². The molecule has 1 aromatic rings. The minimum absolute atomic E-state index is 0.134. The van der Waals surface area contributed by atoms with E-state index in [1.807, 2.05) is 43.5 Å². The Labute approximate surface area is 129 Å². The van der Waals surface area contributed by atoms with E-state index in [0.717, 1.165) is 11.3 Å². The Bertz CT molecular complexity index is 453. The summed E-state index contributed by atoms with van der Waals surface area (Å²) in [5, 5.41) is 5.48. The zero-order valence-electron chi connectivity index (χ0n) is 12.6. The van der Waals surface area contributed by atoms with E-state index in [1.54, 1.807) is 11.8 Å². The quantitative estimate of drug-likeness (QED) is 0.759. The molecule has 0 aliphatic heterocycles. The molecular formula is C15H22N2O3S. The summed E-state index contributed by atoms with van der Waals surface area (Å²) < 4.78 is 4.71. The molecule has 0 spiro atoms. The van der Waals surface area contributed by atoms with Gasteiger partial charge in [-0.05, 0) is 30.9 Å². The fourth-order valence-corrected chi connectivity index (χ4v) is 2.32. The number of rotatable bonds is 7. The second-order valence-electron chi connectivity index (χ2n) is 4.61. The zero-order chi connectivity index (χ0) is 15.7. The van der Waals surface area contributed by atoms with Crippen LogP contribution in [0.5, 0.6) is 0 Å². The first kappa shape index (κ1) is 17.4. The van der Waals surface area contributed by atoms with Crippen LogP contribution in [0, 0.1) is 0 Å². The van der Waals surface area contributed by atoms with Gasteiger partial charge in [0.1, 0.15) is 6.04 Å². The van der Waals surface area contributed by atoms with Crippen LogP contribution in [0.1, 0.15) is 24.9 Å². The van der Waals surface area contributed by atoms with Gasteiger partial charge in [0.05, 0.1) is 13.2 Å². The molecule has 0 aliphatic rings. The maximum absolute atomic E-state index is 12.0. The van der Waals surface area contributed by atoms with Gasteiger partial charge in [-0.25, -0.2) is 9.59 Å². The van der Waals surface area contributed by atoms with Crippen LogP contribution in [-0.4, -0.2) is 37.2 Å². The standard InChI is InChI=1S/C15H22N2O3S/c1-11(12-7-5-4-6-8-12)16-15(19)17-13(9-10-21-3)14(18)20-2/h4-8,11,13H,9-10H2,1-3H3,(H2,16,17,19)/t11-,13+/m1/s1. The number of thioether (sulfide) groups is 1. The van der Waals surface area contributed by atoms with Crippen molar-refractivity contribution in [1.82, 2.24) is 10.6 Å². The predicted molar refractivity (Wildman–Crippen MR) is 85.3 cm³/mol. The number of ether oxygens (including phenoxy) is 1. The van der Waals surface area contributed by atoms with Crippen LogP contribution in [0.3, 0.4) is 0 Å². The number of amides is 2. The molecule has 0 bridgehead atoms. The van der Waals surface area contributed by atoms with E-state index in [4.69, 9.17) is 4.74 Å². The number of carbonyl (C=O) groups is 2. The third-order valence-corrected chi connectivity index (χ3v) is 3.69. The minimum Gasteiger partial charge on any atom is -0.467 e. The molecule has 116 valence electrons. The summed E-state index contributed by atoms with van der Waals surface area (Å²) >= 11 is 1.62. The van der Waals surface area contributed by atoms with Crippen LogP contribution < -0.4 is 10.6 Å². The molecule has 0 aromatic heterocycles. The highest BCUT2D eigenvalue weighted by atomic mass is 32.2. The second kappa shape index (κ2) is 9.28. The van der Waals surface area contributed by atoms with Gasteiger partial charge >= 0.3 is 12.0 Å². The topological polar surface area (TPSA) is 67.4 Å². The highest BCUT2D eigenvalue weighted by Gasteiger charge is 2.21. The Kier molecular flexibility index (Phi) is 7.68. The SMILES string of the molecule is COC(=O)[C@H](CCSC)NC(=O)N[C@H](C)c1ccccc1. The van der Waals surface area contributed by atoms with Gasteiger partial charge in [0, 0.05) is 0 Å². The Hall–Kier alpha value is -1.69. The molecule has 5 nitrogen and oxygen atoms in total.